The van der Waals surface area contributed by atoms with Crippen molar-refractivity contribution >= 4 is 67.3 Å². The largest absolute Gasteiger partial charge is 0.418 e. The second-order valence-electron chi connectivity index (χ2n) is 15.9. The van der Waals surface area contributed by atoms with Crippen LogP contribution in [0.25, 0.3) is 22.0 Å². The van der Waals surface area contributed by atoms with Crippen molar-refractivity contribution in [1.82, 2.24) is 19.8 Å². The number of aliphatic imine (C=N–C) groups is 1. The van der Waals surface area contributed by atoms with Gasteiger partial charge in [-0.25, -0.2) is 18.4 Å². The summed E-state index contributed by atoms with van der Waals surface area (Å²) in [5, 5.41) is 4.25. The van der Waals surface area contributed by atoms with E-state index >= 15 is 0 Å². The van der Waals surface area contributed by atoms with E-state index in [4.69, 9.17) is 11.6 Å². The average molecular weight is 914 g/mol. The number of fused-ring (bicyclic) bond motifs is 1. The van der Waals surface area contributed by atoms with E-state index in [0.717, 1.165) is 61.3 Å². The Morgan fingerprint density at radius 3 is 2.37 bits per heavy atom. The van der Waals surface area contributed by atoms with Gasteiger partial charge in [0.05, 0.1) is 27.9 Å². The van der Waals surface area contributed by atoms with Crippen molar-refractivity contribution < 1.29 is 21.6 Å². The van der Waals surface area contributed by atoms with E-state index in [2.05, 4.69) is 57.9 Å². The SMILES string of the molecule is CC1=NC(C)CN1CC[C@H](CSc1ccccc1)Nc1ccc(S(=O)(=O)Nc2ncnc3cc(N4CCN(Cc5ccccc5-c5ccc(Cl)cc5)CC4)ccc23)cc1C(F)(F)F. The summed E-state index contributed by atoms with van der Waals surface area (Å²) >= 11 is 7.69. The van der Waals surface area contributed by atoms with Crippen LogP contribution < -0.4 is 14.9 Å². The molecule has 2 atom stereocenters. The van der Waals surface area contributed by atoms with Crippen LogP contribution in [0.1, 0.15) is 31.4 Å². The highest BCUT2D eigenvalue weighted by atomic mass is 35.5. The molecule has 1 saturated heterocycles. The number of rotatable bonds is 15. The molecule has 2 aliphatic rings. The molecule has 6 aromatic rings. The van der Waals surface area contributed by atoms with Gasteiger partial charge < -0.3 is 15.1 Å². The maximum atomic E-state index is 14.8. The minimum absolute atomic E-state index is 0.0282. The fraction of sp³-hybridized carbons (Fsp3) is 0.298. The molecule has 63 heavy (non-hydrogen) atoms. The standard InChI is InChI=1S/C47H48ClF3N8O2S2/c1-32-28-59(33(2)54-32)21-20-37(30-62-39-9-4-3-5-10-39)55-44-19-17-40(27-43(44)47(49,50)51)63(60,61)56-46-42-18-16-38(26-45(42)52-31-53-46)58-24-22-57(23-25-58)29-35-8-6-7-11-41(35)34-12-14-36(48)15-13-34/h3-19,26-27,31-32,37,55H,20-25,28-30H2,1-2H3,(H,52,53,56)/t32?,37-/m1/s1. The maximum absolute atomic E-state index is 14.8. The zero-order valence-corrected chi connectivity index (χ0v) is 37.3. The van der Waals surface area contributed by atoms with Crippen molar-refractivity contribution in [3.05, 3.63) is 138 Å². The average Bonchev–Trinajstić information content (AvgIpc) is 3.60. The summed E-state index contributed by atoms with van der Waals surface area (Å²) in [6, 6.07) is 34.3. The quantitative estimate of drug-likeness (QED) is 0.0975. The number of nitrogens with zero attached hydrogens (tertiary/aromatic N) is 6. The molecular formula is C47H48ClF3N8O2S2. The molecule has 1 fully saturated rings. The Balaban J connectivity index is 0.952. The van der Waals surface area contributed by atoms with Crippen molar-refractivity contribution in [1.29, 1.82) is 0 Å². The summed E-state index contributed by atoms with van der Waals surface area (Å²) in [6.07, 6.45) is -3.06. The number of hydrogen-bond donors (Lipinski definition) is 2. The molecule has 0 saturated carbocycles. The Labute approximate surface area is 375 Å². The molecule has 10 nitrogen and oxygen atoms in total. The van der Waals surface area contributed by atoms with Crippen LogP contribution in [0, 0.1) is 0 Å². The van der Waals surface area contributed by atoms with Gasteiger partial charge in [-0.2, -0.15) is 13.2 Å². The first-order valence-electron chi connectivity index (χ1n) is 20.8. The number of halogens is 4. The van der Waals surface area contributed by atoms with Crippen molar-refractivity contribution in [2.24, 2.45) is 4.99 Å². The third kappa shape index (κ3) is 10.9. The van der Waals surface area contributed by atoms with Crippen molar-refractivity contribution in [2.45, 2.75) is 54.9 Å². The minimum atomic E-state index is -4.84. The van der Waals surface area contributed by atoms with Gasteiger partial charge >= 0.3 is 6.18 Å². The van der Waals surface area contributed by atoms with Crippen molar-refractivity contribution in [3.63, 3.8) is 0 Å². The van der Waals surface area contributed by atoms with Crippen LogP contribution >= 0.6 is 23.4 Å². The molecule has 2 aliphatic heterocycles. The monoisotopic (exact) mass is 912 g/mol. The number of benzene rings is 5. The molecule has 16 heteroatoms. The van der Waals surface area contributed by atoms with E-state index in [1.54, 1.807) is 17.8 Å². The molecule has 0 radical (unpaired) electrons. The lowest BCUT2D eigenvalue weighted by atomic mass is 9.99. The fourth-order valence-electron chi connectivity index (χ4n) is 8.12. The number of anilines is 3. The van der Waals surface area contributed by atoms with E-state index in [9.17, 15) is 21.6 Å². The third-order valence-electron chi connectivity index (χ3n) is 11.4. The zero-order chi connectivity index (χ0) is 44.1. The molecular weight excluding hydrogens is 865 g/mol. The maximum Gasteiger partial charge on any atom is 0.418 e. The Morgan fingerprint density at radius 2 is 1.63 bits per heavy atom. The number of amidine groups is 1. The first-order valence-corrected chi connectivity index (χ1v) is 23.7. The van der Waals surface area contributed by atoms with Gasteiger partial charge in [-0.3, -0.25) is 14.6 Å². The second kappa shape index (κ2) is 19.2. The lowest BCUT2D eigenvalue weighted by Gasteiger charge is -2.36. The Hall–Kier alpha value is -5.35. The van der Waals surface area contributed by atoms with Crippen molar-refractivity contribution in [2.75, 3.05) is 60.0 Å². The van der Waals surface area contributed by atoms with Gasteiger partial charge in [0, 0.05) is 84.3 Å². The molecule has 1 aromatic heterocycles. The molecule has 3 heterocycles. The van der Waals surface area contributed by atoms with E-state index in [-0.39, 0.29) is 23.6 Å². The second-order valence-corrected chi connectivity index (χ2v) is 19.1. The lowest BCUT2D eigenvalue weighted by Crippen LogP contribution is -2.46. The van der Waals surface area contributed by atoms with Gasteiger partial charge in [0.2, 0.25) is 0 Å². The smallest absolute Gasteiger partial charge is 0.381 e. The van der Waals surface area contributed by atoms with Crippen LogP contribution in [-0.2, 0) is 22.7 Å². The number of thioether (sulfide) groups is 1. The fourth-order valence-corrected chi connectivity index (χ4v) is 10.3. The van der Waals surface area contributed by atoms with Crippen LogP contribution in [0.15, 0.2) is 136 Å². The molecule has 5 aromatic carbocycles. The van der Waals surface area contributed by atoms with Gasteiger partial charge in [-0.05, 0) is 97.6 Å². The van der Waals surface area contributed by atoms with Gasteiger partial charge in [-0.1, -0.05) is 66.2 Å². The van der Waals surface area contributed by atoms with Gasteiger partial charge in [-0.15, -0.1) is 11.8 Å². The van der Waals surface area contributed by atoms with Crippen LogP contribution in [0.3, 0.4) is 0 Å². The predicted octanol–water partition coefficient (Wildman–Crippen LogP) is 10.2. The number of alkyl halides is 3. The van der Waals surface area contributed by atoms with E-state index in [1.807, 2.05) is 86.6 Å². The molecule has 0 amide bonds. The van der Waals surface area contributed by atoms with Crippen LogP contribution in [-0.4, -0.2) is 91.1 Å². The van der Waals surface area contributed by atoms with Crippen LogP contribution in [0.2, 0.25) is 5.02 Å². The molecule has 1 unspecified atom stereocenters. The van der Waals surface area contributed by atoms with E-state index < -0.39 is 26.7 Å². The highest BCUT2D eigenvalue weighted by Gasteiger charge is 2.36. The van der Waals surface area contributed by atoms with Gasteiger partial charge in [0.15, 0.2) is 5.82 Å². The molecule has 8 rings (SSSR count). The Kier molecular flexibility index (Phi) is 13.5. The first kappa shape index (κ1) is 44.3. The third-order valence-corrected chi connectivity index (χ3v) is 14.2. The molecule has 2 N–H and O–H groups in total. The Bertz CT molecular complexity index is 2680. The van der Waals surface area contributed by atoms with Crippen LogP contribution in [0.4, 0.5) is 30.4 Å². The van der Waals surface area contributed by atoms with E-state index in [0.29, 0.717) is 40.7 Å². The van der Waals surface area contributed by atoms with Crippen LogP contribution in [0.5, 0.6) is 0 Å². The molecule has 0 bridgehead atoms. The number of sulfonamides is 1. The molecule has 0 aliphatic carbocycles. The van der Waals surface area contributed by atoms with Crippen molar-refractivity contribution in [3.8, 4) is 11.1 Å². The Morgan fingerprint density at radius 1 is 0.889 bits per heavy atom. The summed E-state index contributed by atoms with van der Waals surface area (Å²) in [4.78, 5) is 20.5. The summed E-state index contributed by atoms with van der Waals surface area (Å²) in [5.74, 6) is 1.37. The first-order chi connectivity index (χ1) is 30.3. The molecule has 0 spiro atoms. The lowest BCUT2D eigenvalue weighted by molar-refractivity contribution is -0.137. The van der Waals surface area contributed by atoms with E-state index in [1.165, 1.54) is 29.6 Å². The summed E-state index contributed by atoms with van der Waals surface area (Å²) in [7, 11) is -4.51. The topological polar surface area (TPSA) is 106 Å². The normalized spacial score (nSPS) is 16.6. The highest BCUT2D eigenvalue weighted by molar-refractivity contribution is 7.99. The number of aromatic nitrogens is 2. The number of nitrogens with one attached hydrogen (secondary N) is 2. The van der Waals surface area contributed by atoms with Gasteiger partial charge in [0.25, 0.3) is 10.0 Å². The summed E-state index contributed by atoms with van der Waals surface area (Å²) in [5.41, 5.74) is 3.69. The molecule has 328 valence electrons. The predicted molar refractivity (Wildman–Crippen MR) is 250 cm³/mol. The number of piperazine rings is 1. The van der Waals surface area contributed by atoms with Gasteiger partial charge in [0.1, 0.15) is 6.33 Å². The minimum Gasteiger partial charge on any atom is -0.381 e. The summed E-state index contributed by atoms with van der Waals surface area (Å²) < 4.78 is 74.4. The number of hydrogen-bond acceptors (Lipinski definition) is 10. The zero-order valence-electron chi connectivity index (χ0n) is 34.9. The highest BCUT2D eigenvalue weighted by Crippen LogP contribution is 2.38. The summed E-state index contributed by atoms with van der Waals surface area (Å²) in [6.45, 7) is 9.33.